The number of allylic oxidation sites excluding steroid dienone is 3. The minimum absolute atomic E-state index is 0.00287. The molecule has 1 unspecified atom stereocenters. The molecule has 1 aliphatic heterocycles. The van der Waals surface area contributed by atoms with Crippen LogP contribution in [0, 0.1) is 11.3 Å². The molecule has 0 aromatic rings. The fourth-order valence-corrected chi connectivity index (χ4v) is 4.43. The number of fused-ring (bicyclic) bond motifs is 3. The summed E-state index contributed by atoms with van der Waals surface area (Å²) in [5.74, 6) is 0.341. The van der Waals surface area contributed by atoms with Gasteiger partial charge in [0.25, 0.3) is 0 Å². The average molecular weight is 318 g/mol. The Morgan fingerprint density at radius 2 is 1.91 bits per heavy atom. The summed E-state index contributed by atoms with van der Waals surface area (Å²) in [5.41, 5.74) is 0.191. The normalized spacial score (nSPS) is 49.9. The van der Waals surface area contributed by atoms with Gasteiger partial charge >= 0.3 is 0 Å². The number of ether oxygens (including phenoxy) is 1. The average Bonchev–Trinajstić information content (AvgIpc) is 3.14. The summed E-state index contributed by atoms with van der Waals surface area (Å²) >= 11 is 0. The second-order valence-corrected chi connectivity index (χ2v) is 8.51. The highest BCUT2D eigenvalue weighted by atomic mass is 16.6. The van der Waals surface area contributed by atoms with Crippen molar-refractivity contribution in [3.05, 3.63) is 23.3 Å². The highest BCUT2D eigenvalue weighted by molar-refractivity contribution is 6.03. The summed E-state index contributed by atoms with van der Waals surface area (Å²) in [6.45, 7) is 10.4. The molecule has 1 heterocycles. The Morgan fingerprint density at radius 3 is 2.61 bits per heavy atom. The lowest BCUT2D eigenvalue weighted by Crippen LogP contribution is -2.54. The molecule has 3 aliphatic rings. The molecule has 23 heavy (non-hydrogen) atoms. The van der Waals surface area contributed by atoms with Gasteiger partial charge in [0.15, 0.2) is 5.78 Å². The van der Waals surface area contributed by atoms with Crippen molar-refractivity contribution in [3.63, 3.8) is 0 Å². The van der Waals surface area contributed by atoms with Crippen LogP contribution >= 0.6 is 0 Å². The highest BCUT2D eigenvalue weighted by Gasteiger charge is 2.61. The van der Waals surface area contributed by atoms with E-state index in [0.717, 1.165) is 32.1 Å². The third kappa shape index (κ3) is 2.53. The summed E-state index contributed by atoms with van der Waals surface area (Å²) in [7, 11) is 0. The maximum absolute atomic E-state index is 13.0. The molecule has 2 bridgehead atoms. The van der Waals surface area contributed by atoms with Crippen LogP contribution in [-0.4, -0.2) is 28.2 Å². The predicted molar refractivity (Wildman–Crippen MR) is 91.1 cm³/mol. The molecular formula is C20H30O3. The summed E-state index contributed by atoms with van der Waals surface area (Å²) in [4.78, 5) is 13.0. The Hall–Kier alpha value is -0.930. The number of hydrogen-bond donors (Lipinski definition) is 1. The van der Waals surface area contributed by atoms with Gasteiger partial charge in [0, 0.05) is 11.0 Å². The SMILES string of the molecule is C/C1=C\CCC2(C)O[C@@H]2C(=O)C2=CC[C@@H](C)[C@](C)(CC1)[C@@]2(C)O. The van der Waals surface area contributed by atoms with Crippen LogP contribution in [0.4, 0.5) is 0 Å². The van der Waals surface area contributed by atoms with Gasteiger partial charge in [-0.15, -0.1) is 0 Å². The topological polar surface area (TPSA) is 49.8 Å². The third-order valence-corrected chi connectivity index (χ3v) is 6.96. The number of carbonyl (C=O) groups excluding carboxylic acids is 1. The molecule has 0 spiro atoms. The van der Waals surface area contributed by atoms with Crippen molar-refractivity contribution < 1.29 is 14.6 Å². The lowest BCUT2D eigenvalue weighted by atomic mass is 9.56. The molecule has 0 aromatic carbocycles. The molecule has 1 N–H and O–H groups in total. The molecule has 5 atom stereocenters. The van der Waals surface area contributed by atoms with Gasteiger partial charge in [0.05, 0.1) is 5.60 Å². The van der Waals surface area contributed by atoms with Crippen LogP contribution in [-0.2, 0) is 9.53 Å². The zero-order chi connectivity index (χ0) is 17.0. The highest BCUT2D eigenvalue weighted by Crippen LogP contribution is 2.54. The molecule has 0 radical (unpaired) electrons. The molecular weight excluding hydrogens is 288 g/mol. The fraction of sp³-hybridized carbons (Fsp3) is 0.750. The monoisotopic (exact) mass is 318 g/mol. The minimum Gasteiger partial charge on any atom is -0.385 e. The lowest BCUT2D eigenvalue weighted by Gasteiger charge is -2.51. The number of ketones is 1. The molecule has 3 heteroatoms. The quantitative estimate of drug-likeness (QED) is 0.543. The van der Waals surface area contributed by atoms with Crippen molar-refractivity contribution in [2.45, 2.75) is 84.0 Å². The Balaban J connectivity index is 2.04. The zero-order valence-electron chi connectivity index (χ0n) is 15.1. The van der Waals surface area contributed by atoms with Crippen LogP contribution in [0.2, 0.25) is 0 Å². The van der Waals surface area contributed by atoms with E-state index in [1.54, 1.807) is 0 Å². The number of Topliss-reactive ketones (excluding diaryl/α,β-unsaturated/α-hetero) is 1. The first-order valence-corrected chi connectivity index (χ1v) is 8.92. The number of rotatable bonds is 0. The van der Waals surface area contributed by atoms with E-state index in [0.29, 0.717) is 11.5 Å². The molecule has 3 rings (SSSR count). The van der Waals surface area contributed by atoms with Crippen molar-refractivity contribution in [2.24, 2.45) is 11.3 Å². The summed E-state index contributed by atoms with van der Waals surface area (Å²) < 4.78 is 5.78. The Morgan fingerprint density at radius 1 is 1.22 bits per heavy atom. The van der Waals surface area contributed by atoms with Crippen LogP contribution in [0.1, 0.15) is 66.7 Å². The fourth-order valence-electron chi connectivity index (χ4n) is 4.43. The Labute approximate surface area is 139 Å². The van der Waals surface area contributed by atoms with Crippen molar-refractivity contribution in [3.8, 4) is 0 Å². The maximum Gasteiger partial charge on any atom is 0.193 e. The third-order valence-electron chi connectivity index (χ3n) is 6.96. The Kier molecular flexibility index (Phi) is 3.89. The molecule has 0 aromatic heterocycles. The van der Waals surface area contributed by atoms with Crippen molar-refractivity contribution in [1.29, 1.82) is 0 Å². The van der Waals surface area contributed by atoms with Crippen LogP contribution in [0.3, 0.4) is 0 Å². The second kappa shape index (κ2) is 5.29. The molecule has 0 saturated carbocycles. The van der Waals surface area contributed by atoms with Crippen molar-refractivity contribution in [1.82, 2.24) is 0 Å². The van der Waals surface area contributed by atoms with E-state index in [2.05, 4.69) is 26.8 Å². The van der Waals surface area contributed by atoms with Crippen LogP contribution in [0.25, 0.3) is 0 Å². The van der Waals surface area contributed by atoms with Crippen LogP contribution < -0.4 is 0 Å². The van der Waals surface area contributed by atoms with Crippen molar-refractivity contribution in [2.75, 3.05) is 0 Å². The number of aliphatic hydroxyl groups is 1. The van der Waals surface area contributed by atoms with E-state index in [1.165, 1.54) is 5.57 Å². The van der Waals surface area contributed by atoms with E-state index in [-0.39, 0.29) is 22.9 Å². The van der Waals surface area contributed by atoms with E-state index in [4.69, 9.17) is 4.74 Å². The van der Waals surface area contributed by atoms with E-state index in [1.807, 2.05) is 19.9 Å². The number of epoxide rings is 1. The van der Waals surface area contributed by atoms with E-state index in [9.17, 15) is 9.90 Å². The zero-order valence-corrected chi connectivity index (χ0v) is 15.1. The van der Waals surface area contributed by atoms with Gasteiger partial charge in [-0.1, -0.05) is 31.6 Å². The van der Waals surface area contributed by atoms with Gasteiger partial charge in [-0.25, -0.2) is 0 Å². The van der Waals surface area contributed by atoms with Crippen molar-refractivity contribution >= 4 is 5.78 Å². The molecule has 2 aliphatic carbocycles. The largest absolute Gasteiger partial charge is 0.385 e. The molecule has 1 saturated heterocycles. The second-order valence-electron chi connectivity index (χ2n) is 8.51. The summed E-state index contributed by atoms with van der Waals surface area (Å²) in [6, 6.07) is 0. The summed E-state index contributed by atoms with van der Waals surface area (Å²) in [6.07, 6.45) is 8.39. The van der Waals surface area contributed by atoms with Gasteiger partial charge in [-0.05, 0) is 58.8 Å². The first-order valence-electron chi connectivity index (χ1n) is 8.92. The lowest BCUT2D eigenvalue weighted by molar-refractivity contribution is -0.125. The predicted octanol–water partition coefficient (Wildman–Crippen LogP) is 3.96. The number of carbonyl (C=O) groups is 1. The van der Waals surface area contributed by atoms with Crippen LogP contribution in [0.5, 0.6) is 0 Å². The Bertz CT molecular complexity index is 586. The molecule has 0 amide bonds. The summed E-state index contributed by atoms with van der Waals surface area (Å²) in [5, 5.41) is 11.4. The molecule has 3 nitrogen and oxygen atoms in total. The first kappa shape index (κ1) is 16.9. The van der Waals surface area contributed by atoms with E-state index < -0.39 is 5.60 Å². The van der Waals surface area contributed by atoms with Crippen LogP contribution in [0.15, 0.2) is 23.3 Å². The maximum atomic E-state index is 13.0. The minimum atomic E-state index is -1.10. The smallest absolute Gasteiger partial charge is 0.193 e. The molecule has 128 valence electrons. The number of hydrogen-bond acceptors (Lipinski definition) is 3. The van der Waals surface area contributed by atoms with Gasteiger partial charge < -0.3 is 9.84 Å². The standard InChI is InChI=1S/C20H30O3/c1-13-7-6-11-19(4)17(23-19)16(21)15-9-8-14(2)18(3,12-10-13)20(15,5)22/h7,9,14,17,22H,6,8,10-12H2,1-5H3/b13-7+/t14-,17-,18+,19?,20+/m1/s1. The van der Waals surface area contributed by atoms with Gasteiger partial charge in [0.2, 0.25) is 0 Å². The van der Waals surface area contributed by atoms with Gasteiger partial charge in [-0.3, -0.25) is 4.79 Å². The van der Waals surface area contributed by atoms with Gasteiger partial charge in [-0.2, -0.15) is 0 Å². The van der Waals surface area contributed by atoms with E-state index >= 15 is 0 Å². The van der Waals surface area contributed by atoms with Gasteiger partial charge in [0.1, 0.15) is 11.7 Å². The molecule has 1 fully saturated rings. The first-order chi connectivity index (χ1) is 10.6.